The van der Waals surface area contributed by atoms with Gasteiger partial charge >= 0.3 is 5.97 Å². The zero-order valence-electron chi connectivity index (χ0n) is 11.8. The molecule has 0 unspecified atom stereocenters. The fourth-order valence-corrected chi connectivity index (χ4v) is 1.98. The summed E-state index contributed by atoms with van der Waals surface area (Å²) in [4.78, 5) is 34.1. The Balaban J connectivity index is 2.03. The Hall–Kier alpha value is -2.68. The maximum Gasteiger partial charge on any atom is 0.375 e. The van der Waals surface area contributed by atoms with Gasteiger partial charge in [0.05, 0.1) is 4.92 Å². The normalized spacial score (nSPS) is 11.6. The fourth-order valence-electron chi connectivity index (χ4n) is 1.67. The van der Waals surface area contributed by atoms with Gasteiger partial charge in [0.25, 0.3) is 11.6 Å². The van der Waals surface area contributed by atoms with Crippen molar-refractivity contribution in [3.63, 3.8) is 0 Å². The third-order valence-corrected chi connectivity index (χ3v) is 3.21. The minimum Gasteiger partial charge on any atom is -0.447 e. The number of furan rings is 1. The van der Waals surface area contributed by atoms with Crippen molar-refractivity contribution in [1.82, 2.24) is 0 Å². The minimum atomic E-state index is -1.16. The minimum absolute atomic E-state index is 0.0196. The van der Waals surface area contributed by atoms with E-state index in [2.05, 4.69) is 21.2 Å². The van der Waals surface area contributed by atoms with Crippen LogP contribution in [0.2, 0.25) is 0 Å². The van der Waals surface area contributed by atoms with Crippen LogP contribution in [0.15, 0.2) is 45.5 Å². The van der Waals surface area contributed by atoms with Gasteiger partial charge in [-0.25, -0.2) is 4.79 Å². The number of nitrogens with zero attached hydrogens (tertiary/aromatic N) is 1. The lowest BCUT2D eigenvalue weighted by Crippen LogP contribution is -2.30. The largest absolute Gasteiger partial charge is 0.447 e. The maximum absolute atomic E-state index is 12.0. The molecule has 1 amide bonds. The first kappa shape index (κ1) is 16.7. The molecule has 0 aliphatic carbocycles. The predicted octanol–water partition coefficient (Wildman–Crippen LogP) is 3.13. The number of halogens is 1. The number of esters is 1. The highest BCUT2D eigenvalue weighted by Gasteiger charge is 2.23. The summed E-state index contributed by atoms with van der Waals surface area (Å²) in [5.74, 6) is -1.58. The highest BCUT2D eigenvalue weighted by atomic mass is 79.9. The van der Waals surface area contributed by atoms with E-state index >= 15 is 0 Å². The molecule has 0 saturated carbocycles. The number of benzene rings is 1. The molecule has 0 aliphatic rings. The van der Waals surface area contributed by atoms with E-state index in [1.165, 1.54) is 37.3 Å². The molecular weight excluding hydrogens is 372 g/mol. The molecule has 1 aromatic heterocycles. The van der Waals surface area contributed by atoms with Crippen molar-refractivity contribution < 1.29 is 23.7 Å². The fraction of sp³-hybridized carbons (Fsp3) is 0.143. The molecule has 1 N–H and O–H groups in total. The molecule has 23 heavy (non-hydrogen) atoms. The summed E-state index contributed by atoms with van der Waals surface area (Å²) in [6, 6.07) is 8.56. The van der Waals surface area contributed by atoms with E-state index in [0.717, 1.165) is 0 Å². The number of nitrogens with one attached hydrogen (secondary N) is 1. The van der Waals surface area contributed by atoms with Crippen LogP contribution in [0.1, 0.15) is 17.5 Å². The zero-order valence-corrected chi connectivity index (χ0v) is 13.4. The summed E-state index contributed by atoms with van der Waals surface area (Å²) in [6.07, 6.45) is -1.16. The molecule has 8 nitrogen and oxygen atoms in total. The molecular formula is C14H11BrN2O6. The second-order valence-corrected chi connectivity index (χ2v) is 5.20. The Labute approximate surface area is 138 Å². The van der Waals surface area contributed by atoms with Crippen molar-refractivity contribution in [2.24, 2.45) is 0 Å². The van der Waals surface area contributed by atoms with Crippen molar-refractivity contribution in [2.75, 3.05) is 5.32 Å². The van der Waals surface area contributed by atoms with Crippen LogP contribution in [0.5, 0.6) is 0 Å². The Morgan fingerprint density at radius 3 is 2.61 bits per heavy atom. The van der Waals surface area contributed by atoms with Gasteiger partial charge in [0, 0.05) is 6.07 Å². The highest BCUT2D eigenvalue weighted by Crippen LogP contribution is 2.23. The number of hydrogen-bond acceptors (Lipinski definition) is 6. The molecule has 1 heterocycles. The first-order chi connectivity index (χ1) is 10.9. The van der Waals surface area contributed by atoms with E-state index in [9.17, 15) is 19.7 Å². The first-order valence-electron chi connectivity index (χ1n) is 6.39. The predicted molar refractivity (Wildman–Crippen MR) is 83.0 cm³/mol. The molecule has 0 radical (unpaired) electrons. The Kier molecular flexibility index (Phi) is 5.12. The van der Waals surface area contributed by atoms with E-state index in [4.69, 9.17) is 9.15 Å². The summed E-state index contributed by atoms with van der Waals surface area (Å²) in [5, 5.41) is 13.2. The SMILES string of the molecule is C[C@H](OC(=O)c1ccc(Br)o1)C(=O)Nc1ccccc1[N+](=O)[O-]. The van der Waals surface area contributed by atoms with Crippen LogP contribution in [0.25, 0.3) is 0 Å². The molecule has 0 aliphatic heterocycles. The van der Waals surface area contributed by atoms with E-state index in [1.807, 2.05) is 0 Å². The van der Waals surface area contributed by atoms with Gasteiger partial charge in [-0.3, -0.25) is 14.9 Å². The van der Waals surface area contributed by atoms with E-state index in [0.29, 0.717) is 4.67 Å². The molecule has 2 rings (SSSR count). The smallest absolute Gasteiger partial charge is 0.375 e. The summed E-state index contributed by atoms with van der Waals surface area (Å²) >= 11 is 3.04. The number of rotatable bonds is 5. The van der Waals surface area contributed by atoms with Crippen molar-refractivity contribution in [3.05, 3.63) is 56.9 Å². The van der Waals surface area contributed by atoms with E-state index in [1.54, 1.807) is 6.07 Å². The molecule has 120 valence electrons. The number of carbonyl (C=O) groups excluding carboxylic acids is 2. The van der Waals surface area contributed by atoms with Gasteiger partial charge in [0.2, 0.25) is 5.76 Å². The number of ether oxygens (including phenoxy) is 1. The summed E-state index contributed by atoms with van der Waals surface area (Å²) in [5.41, 5.74) is -0.236. The number of carbonyl (C=O) groups is 2. The molecule has 0 spiro atoms. The van der Waals surface area contributed by atoms with Crippen LogP contribution in [0.4, 0.5) is 11.4 Å². The van der Waals surface area contributed by atoms with E-state index < -0.39 is 22.9 Å². The maximum atomic E-state index is 12.0. The van der Waals surface area contributed by atoms with Crippen molar-refractivity contribution in [1.29, 1.82) is 0 Å². The third-order valence-electron chi connectivity index (χ3n) is 2.79. The van der Waals surface area contributed by atoms with Gasteiger partial charge in [-0.05, 0) is 41.1 Å². The van der Waals surface area contributed by atoms with Gasteiger partial charge < -0.3 is 14.5 Å². The number of para-hydroxylation sites is 2. The Bertz CT molecular complexity index is 757. The van der Waals surface area contributed by atoms with Gasteiger partial charge in [-0.1, -0.05) is 12.1 Å². The summed E-state index contributed by atoms with van der Waals surface area (Å²) < 4.78 is 10.3. The van der Waals surface area contributed by atoms with Gasteiger partial charge in [-0.2, -0.15) is 0 Å². The molecule has 1 atom stereocenters. The second kappa shape index (κ2) is 7.05. The lowest BCUT2D eigenvalue weighted by atomic mass is 10.2. The summed E-state index contributed by atoms with van der Waals surface area (Å²) in [6.45, 7) is 1.35. The molecule has 0 bridgehead atoms. The van der Waals surface area contributed by atoms with Crippen LogP contribution in [0.3, 0.4) is 0 Å². The van der Waals surface area contributed by atoms with Crippen LogP contribution in [-0.2, 0) is 9.53 Å². The van der Waals surface area contributed by atoms with Crippen LogP contribution in [-0.4, -0.2) is 22.9 Å². The monoisotopic (exact) mass is 382 g/mol. The second-order valence-electron chi connectivity index (χ2n) is 4.41. The van der Waals surface area contributed by atoms with Gasteiger partial charge in [0.15, 0.2) is 10.8 Å². The zero-order chi connectivity index (χ0) is 17.0. The standard InChI is InChI=1S/C14H11BrN2O6/c1-8(22-14(19)11-6-7-12(15)23-11)13(18)16-9-4-2-3-5-10(9)17(20)21/h2-8H,1H3,(H,16,18)/t8-/m0/s1. The molecule has 0 saturated heterocycles. The topological polar surface area (TPSA) is 112 Å². The van der Waals surface area contributed by atoms with Gasteiger partial charge in [-0.15, -0.1) is 0 Å². The lowest BCUT2D eigenvalue weighted by Gasteiger charge is -2.12. The Morgan fingerprint density at radius 2 is 2.00 bits per heavy atom. The van der Waals surface area contributed by atoms with Crippen molar-refractivity contribution in [3.8, 4) is 0 Å². The average molecular weight is 383 g/mol. The highest BCUT2D eigenvalue weighted by molar-refractivity contribution is 9.10. The lowest BCUT2D eigenvalue weighted by molar-refractivity contribution is -0.383. The Morgan fingerprint density at radius 1 is 1.30 bits per heavy atom. The van der Waals surface area contributed by atoms with Gasteiger partial charge in [0.1, 0.15) is 5.69 Å². The van der Waals surface area contributed by atoms with Crippen LogP contribution >= 0.6 is 15.9 Å². The molecule has 1 aromatic carbocycles. The van der Waals surface area contributed by atoms with Crippen molar-refractivity contribution >= 4 is 39.2 Å². The molecule has 0 fully saturated rings. The number of hydrogen-bond donors (Lipinski definition) is 1. The van der Waals surface area contributed by atoms with Crippen LogP contribution in [0, 0.1) is 10.1 Å². The third kappa shape index (κ3) is 4.16. The van der Waals surface area contributed by atoms with Crippen molar-refractivity contribution in [2.45, 2.75) is 13.0 Å². The molecule has 2 aromatic rings. The summed E-state index contributed by atoms with van der Waals surface area (Å²) in [7, 11) is 0. The number of nitro benzene ring substituents is 1. The first-order valence-corrected chi connectivity index (χ1v) is 7.18. The van der Waals surface area contributed by atoms with E-state index in [-0.39, 0.29) is 17.1 Å². The average Bonchev–Trinajstić information content (AvgIpc) is 2.94. The number of amides is 1. The van der Waals surface area contributed by atoms with Crippen LogP contribution < -0.4 is 5.32 Å². The number of nitro groups is 1. The molecule has 9 heteroatoms. The quantitative estimate of drug-likeness (QED) is 0.482. The number of anilines is 1.